The van der Waals surface area contributed by atoms with E-state index in [0.717, 1.165) is 27.0 Å². The highest BCUT2D eigenvalue weighted by Crippen LogP contribution is 2.40. The van der Waals surface area contributed by atoms with Crippen LogP contribution in [-0.2, 0) is 28.6 Å². The summed E-state index contributed by atoms with van der Waals surface area (Å²) in [5.74, 6) is 1.14. The van der Waals surface area contributed by atoms with Crippen LogP contribution in [0.5, 0.6) is 0 Å². The van der Waals surface area contributed by atoms with E-state index in [1.54, 1.807) is 35.5 Å². The summed E-state index contributed by atoms with van der Waals surface area (Å²) in [6, 6.07) is 3.22. The summed E-state index contributed by atoms with van der Waals surface area (Å²) < 4.78 is 30.9. The molecule has 26 heavy (non-hydrogen) atoms. The first kappa shape index (κ1) is 18.0. The summed E-state index contributed by atoms with van der Waals surface area (Å²) in [5, 5.41) is 2.09. The number of hydrogen-bond donors (Lipinski definition) is 0. The van der Waals surface area contributed by atoms with Gasteiger partial charge in [0.05, 0.1) is 5.75 Å². The molecule has 3 aromatic rings. The highest BCUT2D eigenvalue weighted by Gasteiger charge is 2.23. The number of nitrogens with zero attached hydrogens (tertiary/aromatic N) is 3. The van der Waals surface area contributed by atoms with Crippen molar-refractivity contribution in [2.75, 3.05) is 14.1 Å². The molecular formula is C17H19N3O3S3. The predicted molar refractivity (Wildman–Crippen MR) is 103 cm³/mol. The van der Waals surface area contributed by atoms with E-state index in [9.17, 15) is 8.42 Å². The number of aromatic nitrogens is 2. The van der Waals surface area contributed by atoms with Gasteiger partial charge in [-0.15, -0.1) is 11.3 Å². The first-order chi connectivity index (χ1) is 12.5. The molecule has 0 aromatic carbocycles. The van der Waals surface area contributed by atoms with Gasteiger partial charge in [-0.1, -0.05) is 11.8 Å². The quantitative estimate of drug-likeness (QED) is 0.472. The Morgan fingerprint density at radius 2 is 2.04 bits per heavy atom. The fourth-order valence-corrected chi connectivity index (χ4v) is 6.09. The maximum Gasteiger partial charge on any atom is 0.275 e. The molecule has 0 radical (unpaired) electrons. The van der Waals surface area contributed by atoms with E-state index in [2.05, 4.69) is 9.97 Å². The van der Waals surface area contributed by atoms with Crippen molar-refractivity contribution in [1.82, 2.24) is 14.3 Å². The molecule has 0 fully saturated rings. The molecule has 138 valence electrons. The van der Waals surface area contributed by atoms with Crippen molar-refractivity contribution in [2.45, 2.75) is 41.6 Å². The van der Waals surface area contributed by atoms with Gasteiger partial charge in [0.2, 0.25) is 5.09 Å². The van der Waals surface area contributed by atoms with E-state index in [1.807, 2.05) is 0 Å². The van der Waals surface area contributed by atoms with Crippen molar-refractivity contribution in [3.8, 4) is 0 Å². The topological polar surface area (TPSA) is 76.3 Å². The minimum Gasteiger partial charge on any atom is -0.447 e. The van der Waals surface area contributed by atoms with E-state index >= 15 is 0 Å². The summed E-state index contributed by atoms with van der Waals surface area (Å²) in [6.45, 7) is 0. The minimum absolute atomic E-state index is 0.0288. The number of hydrogen-bond acceptors (Lipinski definition) is 7. The van der Waals surface area contributed by atoms with Crippen LogP contribution in [0.1, 0.15) is 29.0 Å². The second-order valence-electron chi connectivity index (χ2n) is 6.37. The number of sulfonamides is 1. The van der Waals surface area contributed by atoms with Crippen LogP contribution in [0, 0.1) is 0 Å². The molecule has 6 nitrogen and oxygen atoms in total. The average Bonchev–Trinajstić information content (AvgIpc) is 3.24. The van der Waals surface area contributed by atoms with Crippen LogP contribution < -0.4 is 0 Å². The van der Waals surface area contributed by atoms with Gasteiger partial charge in [0.15, 0.2) is 0 Å². The van der Waals surface area contributed by atoms with Crippen LogP contribution in [0.2, 0.25) is 0 Å². The molecule has 0 N–H and O–H groups in total. The number of thiophene rings is 1. The van der Waals surface area contributed by atoms with Gasteiger partial charge in [-0.3, -0.25) is 0 Å². The summed E-state index contributed by atoms with van der Waals surface area (Å²) in [4.78, 5) is 11.4. The van der Waals surface area contributed by atoms with Crippen molar-refractivity contribution in [1.29, 1.82) is 0 Å². The lowest BCUT2D eigenvalue weighted by molar-refractivity contribution is 0.408. The Morgan fingerprint density at radius 1 is 1.23 bits per heavy atom. The predicted octanol–water partition coefficient (Wildman–Crippen LogP) is 3.71. The average molecular weight is 410 g/mol. The Balaban J connectivity index is 1.59. The lowest BCUT2D eigenvalue weighted by Crippen LogP contribution is -2.21. The molecule has 0 bridgehead atoms. The van der Waals surface area contributed by atoms with E-state index in [0.29, 0.717) is 11.5 Å². The molecule has 0 atom stereocenters. The summed E-state index contributed by atoms with van der Waals surface area (Å²) in [7, 11) is -0.564. The Bertz CT molecular complexity index is 1050. The molecule has 0 unspecified atom stereocenters. The van der Waals surface area contributed by atoms with Gasteiger partial charge in [0.25, 0.3) is 10.0 Å². The van der Waals surface area contributed by atoms with E-state index < -0.39 is 10.0 Å². The molecule has 0 saturated heterocycles. The van der Waals surface area contributed by atoms with Crippen molar-refractivity contribution < 1.29 is 12.8 Å². The molecule has 0 spiro atoms. The fraction of sp³-hybridized carbons (Fsp3) is 0.412. The molecule has 0 saturated carbocycles. The van der Waals surface area contributed by atoms with Gasteiger partial charge in [0, 0.05) is 24.4 Å². The normalized spacial score (nSPS) is 14.9. The SMILES string of the molecule is CN(C)S(=O)(=O)c1ccc(CSc2ncnc3sc4c(c23)CCCC4)o1. The number of fused-ring (bicyclic) bond motifs is 3. The Hall–Kier alpha value is -1.42. The maximum atomic E-state index is 12.1. The number of rotatable bonds is 5. The molecule has 9 heteroatoms. The van der Waals surface area contributed by atoms with E-state index in [-0.39, 0.29) is 5.09 Å². The number of aryl methyl sites for hydroxylation is 2. The molecular weight excluding hydrogens is 390 g/mol. The Labute approximate surface area is 160 Å². The Morgan fingerprint density at radius 3 is 2.85 bits per heavy atom. The van der Waals surface area contributed by atoms with Crippen molar-refractivity contribution in [2.24, 2.45) is 0 Å². The zero-order valence-corrected chi connectivity index (χ0v) is 17.0. The van der Waals surface area contributed by atoms with Gasteiger partial charge in [-0.05, 0) is 43.4 Å². The van der Waals surface area contributed by atoms with E-state index in [4.69, 9.17) is 4.42 Å². The van der Waals surface area contributed by atoms with Gasteiger partial charge < -0.3 is 4.42 Å². The monoisotopic (exact) mass is 409 g/mol. The standard InChI is InChI=1S/C17H19N3O3S3/c1-20(2)26(21,22)14-8-7-11(23-14)9-24-16-15-12-5-3-4-6-13(12)25-17(15)19-10-18-16/h7-8,10H,3-6,9H2,1-2H3. The van der Waals surface area contributed by atoms with Crippen LogP contribution in [0.4, 0.5) is 0 Å². The van der Waals surface area contributed by atoms with Crippen molar-refractivity contribution >= 4 is 43.3 Å². The third-order valence-electron chi connectivity index (χ3n) is 4.44. The second kappa shape index (κ2) is 6.95. The third kappa shape index (κ3) is 3.17. The number of furan rings is 1. The van der Waals surface area contributed by atoms with Crippen LogP contribution in [0.25, 0.3) is 10.2 Å². The van der Waals surface area contributed by atoms with Gasteiger partial charge in [-0.2, -0.15) is 0 Å². The lowest BCUT2D eigenvalue weighted by atomic mass is 9.97. The highest BCUT2D eigenvalue weighted by atomic mass is 32.2. The summed E-state index contributed by atoms with van der Waals surface area (Å²) in [5.41, 5.74) is 1.40. The summed E-state index contributed by atoms with van der Waals surface area (Å²) in [6.07, 6.45) is 6.27. The smallest absolute Gasteiger partial charge is 0.275 e. The molecule has 0 amide bonds. The van der Waals surface area contributed by atoms with E-state index in [1.165, 1.54) is 48.8 Å². The maximum absolute atomic E-state index is 12.1. The van der Waals surface area contributed by atoms with Crippen molar-refractivity contribution in [3.05, 3.63) is 34.7 Å². The molecule has 0 aliphatic heterocycles. The minimum atomic E-state index is -3.54. The lowest BCUT2D eigenvalue weighted by Gasteiger charge is -2.11. The summed E-state index contributed by atoms with van der Waals surface area (Å²) >= 11 is 3.34. The van der Waals surface area contributed by atoms with Crippen molar-refractivity contribution in [3.63, 3.8) is 0 Å². The first-order valence-corrected chi connectivity index (χ1v) is 11.6. The zero-order valence-electron chi connectivity index (χ0n) is 14.6. The van der Waals surface area contributed by atoms with Crippen LogP contribution >= 0.6 is 23.1 Å². The van der Waals surface area contributed by atoms with Gasteiger partial charge in [-0.25, -0.2) is 22.7 Å². The third-order valence-corrected chi connectivity index (χ3v) is 8.34. The highest BCUT2D eigenvalue weighted by molar-refractivity contribution is 7.98. The molecule has 3 aromatic heterocycles. The first-order valence-electron chi connectivity index (χ1n) is 8.36. The van der Waals surface area contributed by atoms with Crippen LogP contribution in [0.15, 0.2) is 33.0 Å². The fourth-order valence-electron chi connectivity index (χ4n) is 3.06. The second-order valence-corrected chi connectivity index (χ2v) is 10.5. The zero-order chi connectivity index (χ0) is 18.3. The van der Waals surface area contributed by atoms with Crippen LogP contribution in [0.3, 0.4) is 0 Å². The molecule has 3 heterocycles. The largest absolute Gasteiger partial charge is 0.447 e. The molecule has 1 aliphatic carbocycles. The van der Waals surface area contributed by atoms with Gasteiger partial charge in [0.1, 0.15) is 21.9 Å². The van der Waals surface area contributed by atoms with Crippen LogP contribution in [-0.4, -0.2) is 36.8 Å². The Kier molecular flexibility index (Phi) is 4.81. The van der Waals surface area contributed by atoms with Gasteiger partial charge >= 0.3 is 0 Å². The number of thioether (sulfide) groups is 1. The molecule has 4 rings (SSSR count). The molecule has 1 aliphatic rings.